The molecule has 1 N–H and O–H groups in total. The standard InChI is InChI=1S/C14H16N2O2/c1-3-16(4-2)13-11-8-6-5-7-10(11)12(9-15-13)14(17)18/h5-9H,3-4H2,1-2H3,(H,17,18). The molecule has 0 spiro atoms. The highest BCUT2D eigenvalue weighted by molar-refractivity contribution is 6.06. The predicted octanol–water partition coefficient (Wildman–Crippen LogP) is 2.78. The van der Waals surface area contributed by atoms with Crippen molar-refractivity contribution in [3.05, 3.63) is 36.0 Å². The second-order valence-electron chi connectivity index (χ2n) is 4.02. The van der Waals surface area contributed by atoms with Crippen molar-refractivity contribution in [2.24, 2.45) is 0 Å². The van der Waals surface area contributed by atoms with Gasteiger partial charge in [0.05, 0.1) is 5.56 Å². The smallest absolute Gasteiger partial charge is 0.337 e. The van der Waals surface area contributed by atoms with Gasteiger partial charge in [0.15, 0.2) is 0 Å². The van der Waals surface area contributed by atoms with E-state index in [1.54, 1.807) is 0 Å². The summed E-state index contributed by atoms with van der Waals surface area (Å²) in [7, 11) is 0. The van der Waals surface area contributed by atoms with Crippen LogP contribution in [0.1, 0.15) is 24.2 Å². The van der Waals surface area contributed by atoms with Gasteiger partial charge in [-0.1, -0.05) is 24.3 Å². The van der Waals surface area contributed by atoms with Crippen molar-refractivity contribution >= 4 is 22.6 Å². The van der Waals surface area contributed by atoms with Crippen molar-refractivity contribution in [2.75, 3.05) is 18.0 Å². The summed E-state index contributed by atoms with van der Waals surface area (Å²) in [5.74, 6) is -0.0922. The Morgan fingerprint density at radius 1 is 1.22 bits per heavy atom. The Morgan fingerprint density at radius 2 is 1.83 bits per heavy atom. The largest absolute Gasteiger partial charge is 0.478 e. The lowest BCUT2D eigenvalue weighted by Crippen LogP contribution is -2.23. The van der Waals surface area contributed by atoms with E-state index < -0.39 is 5.97 Å². The molecule has 0 saturated heterocycles. The summed E-state index contributed by atoms with van der Waals surface area (Å²) in [5, 5.41) is 10.8. The van der Waals surface area contributed by atoms with E-state index in [2.05, 4.69) is 23.7 Å². The molecule has 0 aliphatic heterocycles. The van der Waals surface area contributed by atoms with Crippen molar-refractivity contribution < 1.29 is 9.90 Å². The maximum absolute atomic E-state index is 11.2. The van der Waals surface area contributed by atoms with Crippen LogP contribution in [0.25, 0.3) is 10.8 Å². The molecular formula is C14H16N2O2. The zero-order valence-electron chi connectivity index (χ0n) is 10.6. The molecule has 0 saturated carbocycles. The summed E-state index contributed by atoms with van der Waals surface area (Å²) < 4.78 is 0. The fourth-order valence-electron chi connectivity index (χ4n) is 2.12. The Morgan fingerprint density at radius 3 is 2.39 bits per heavy atom. The summed E-state index contributed by atoms with van der Waals surface area (Å²) in [6.45, 7) is 5.82. The summed E-state index contributed by atoms with van der Waals surface area (Å²) >= 11 is 0. The average Bonchev–Trinajstić information content (AvgIpc) is 2.39. The third kappa shape index (κ3) is 2.01. The summed E-state index contributed by atoms with van der Waals surface area (Å²) in [6.07, 6.45) is 1.44. The lowest BCUT2D eigenvalue weighted by atomic mass is 10.1. The van der Waals surface area contributed by atoms with Gasteiger partial charge in [-0.3, -0.25) is 0 Å². The molecule has 0 aliphatic carbocycles. The molecule has 4 heteroatoms. The SMILES string of the molecule is CCN(CC)c1ncc(C(=O)O)c2ccccc12. The van der Waals surface area contributed by atoms with Crippen molar-refractivity contribution in [1.29, 1.82) is 0 Å². The predicted molar refractivity (Wildman–Crippen MR) is 72.3 cm³/mol. The summed E-state index contributed by atoms with van der Waals surface area (Å²) in [6, 6.07) is 7.50. The number of pyridine rings is 1. The molecule has 94 valence electrons. The highest BCUT2D eigenvalue weighted by Gasteiger charge is 2.14. The van der Waals surface area contributed by atoms with E-state index in [1.165, 1.54) is 6.20 Å². The molecule has 0 bridgehead atoms. The second-order valence-corrected chi connectivity index (χ2v) is 4.02. The zero-order chi connectivity index (χ0) is 13.1. The second kappa shape index (κ2) is 5.04. The van der Waals surface area contributed by atoms with Crippen LogP contribution in [0, 0.1) is 0 Å². The Labute approximate surface area is 106 Å². The van der Waals surface area contributed by atoms with Crippen LogP contribution in [0.5, 0.6) is 0 Å². The van der Waals surface area contributed by atoms with Crippen molar-refractivity contribution in [3.63, 3.8) is 0 Å². The number of hydrogen-bond acceptors (Lipinski definition) is 3. The quantitative estimate of drug-likeness (QED) is 0.898. The summed E-state index contributed by atoms with van der Waals surface area (Å²) in [4.78, 5) is 17.6. The third-order valence-electron chi connectivity index (χ3n) is 3.07. The first-order valence-electron chi connectivity index (χ1n) is 6.05. The van der Waals surface area contributed by atoms with E-state index in [0.717, 1.165) is 29.7 Å². The van der Waals surface area contributed by atoms with Crippen molar-refractivity contribution in [3.8, 4) is 0 Å². The summed E-state index contributed by atoms with van der Waals surface area (Å²) in [5.41, 5.74) is 0.251. The van der Waals surface area contributed by atoms with Crippen LogP contribution >= 0.6 is 0 Å². The number of anilines is 1. The molecule has 0 fully saturated rings. The van der Waals surface area contributed by atoms with Gasteiger partial charge in [0, 0.05) is 30.1 Å². The molecular weight excluding hydrogens is 228 g/mol. The molecule has 2 aromatic rings. The fraction of sp³-hybridized carbons (Fsp3) is 0.286. The molecule has 0 atom stereocenters. The van der Waals surface area contributed by atoms with Gasteiger partial charge in [-0.2, -0.15) is 0 Å². The number of carboxylic acid groups (broad SMARTS) is 1. The van der Waals surface area contributed by atoms with E-state index in [4.69, 9.17) is 0 Å². The Kier molecular flexibility index (Phi) is 3.46. The minimum Gasteiger partial charge on any atom is -0.478 e. The molecule has 0 radical (unpaired) electrons. The number of aromatic carboxylic acids is 1. The minimum absolute atomic E-state index is 0.251. The lowest BCUT2D eigenvalue weighted by Gasteiger charge is -2.21. The number of carbonyl (C=O) groups is 1. The van der Waals surface area contributed by atoms with Crippen LogP contribution < -0.4 is 4.90 Å². The lowest BCUT2D eigenvalue weighted by molar-refractivity contribution is 0.0698. The van der Waals surface area contributed by atoms with E-state index in [0.29, 0.717) is 0 Å². The Balaban J connectivity index is 2.71. The van der Waals surface area contributed by atoms with Gasteiger partial charge in [-0.25, -0.2) is 9.78 Å². The third-order valence-corrected chi connectivity index (χ3v) is 3.07. The molecule has 4 nitrogen and oxygen atoms in total. The molecule has 1 aromatic heterocycles. The normalized spacial score (nSPS) is 10.6. The highest BCUT2D eigenvalue weighted by Crippen LogP contribution is 2.26. The first-order chi connectivity index (χ1) is 8.69. The maximum atomic E-state index is 11.2. The molecule has 0 unspecified atom stereocenters. The molecule has 18 heavy (non-hydrogen) atoms. The number of hydrogen-bond donors (Lipinski definition) is 1. The first-order valence-corrected chi connectivity index (χ1v) is 6.05. The minimum atomic E-state index is -0.940. The van der Waals surface area contributed by atoms with Crippen LogP contribution in [-0.4, -0.2) is 29.1 Å². The number of nitrogens with zero attached hydrogens (tertiary/aromatic N) is 2. The van der Waals surface area contributed by atoms with Crippen LogP contribution in [0.2, 0.25) is 0 Å². The van der Waals surface area contributed by atoms with Gasteiger partial charge < -0.3 is 10.0 Å². The maximum Gasteiger partial charge on any atom is 0.337 e. The molecule has 0 aliphatic rings. The number of benzene rings is 1. The van der Waals surface area contributed by atoms with Gasteiger partial charge in [-0.15, -0.1) is 0 Å². The van der Waals surface area contributed by atoms with Gasteiger partial charge >= 0.3 is 5.97 Å². The van der Waals surface area contributed by atoms with Gasteiger partial charge in [-0.05, 0) is 13.8 Å². The highest BCUT2D eigenvalue weighted by atomic mass is 16.4. The van der Waals surface area contributed by atoms with E-state index >= 15 is 0 Å². The molecule has 0 amide bonds. The van der Waals surface area contributed by atoms with E-state index in [1.807, 2.05) is 24.3 Å². The molecule has 1 aromatic carbocycles. The van der Waals surface area contributed by atoms with Crippen LogP contribution in [0.3, 0.4) is 0 Å². The van der Waals surface area contributed by atoms with E-state index in [-0.39, 0.29) is 5.56 Å². The first kappa shape index (κ1) is 12.4. The number of aromatic nitrogens is 1. The zero-order valence-corrected chi connectivity index (χ0v) is 10.6. The van der Waals surface area contributed by atoms with Gasteiger partial charge in [0.25, 0.3) is 0 Å². The topological polar surface area (TPSA) is 53.4 Å². The van der Waals surface area contributed by atoms with E-state index in [9.17, 15) is 9.90 Å². The Hall–Kier alpha value is -2.10. The number of rotatable bonds is 4. The molecule has 2 rings (SSSR count). The van der Waals surface area contributed by atoms with Crippen molar-refractivity contribution in [1.82, 2.24) is 4.98 Å². The van der Waals surface area contributed by atoms with Crippen LogP contribution in [0.15, 0.2) is 30.5 Å². The van der Waals surface area contributed by atoms with Gasteiger partial charge in [0.1, 0.15) is 5.82 Å². The number of fused-ring (bicyclic) bond motifs is 1. The monoisotopic (exact) mass is 244 g/mol. The van der Waals surface area contributed by atoms with Gasteiger partial charge in [0.2, 0.25) is 0 Å². The fourth-order valence-corrected chi connectivity index (χ4v) is 2.12. The van der Waals surface area contributed by atoms with Crippen LogP contribution in [0.4, 0.5) is 5.82 Å². The Bertz CT molecular complexity index is 577. The van der Waals surface area contributed by atoms with Crippen LogP contribution in [-0.2, 0) is 0 Å². The average molecular weight is 244 g/mol. The number of carboxylic acids is 1. The van der Waals surface area contributed by atoms with Crippen molar-refractivity contribution in [2.45, 2.75) is 13.8 Å². The molecule has 1 heterocycles.